The molecule has 0 aromatic carbocycles. The first-order chi connectivity index (χ1) is 8.26. The molecule has 0 saturated heterocycles. The highest BCUT2D eigenvalue weighted by Gasteiger charge is 2.37. The van der Waals surface area contributed by atoms with Crippen LogP contribution in [0, 0.1) is 0 Å². The van der Waals surface area contributed by atoms with E-state index in [2.05, 4.69) is 50.0 Å². The quantitative estimate of drug-likeness (QED) is 0.237. The highest BCUT2D eigenvalue weighted by atomic mass is 28.4. The Bertz CT molecular complexity index is 365. The summed E-state index contributed by atoms with van der Waals surface area (Å²) in [5.41, 5.74) is 9.77. The SMILES string of the molecule is CC(C)(C)[Si](C)(C)OCC1=CC(N=[N+]=[N-])CCC1. The number of hydrogen-bond donors (Lipinski definition) is 0. The van der Waals surface area contributed by atoms with Crippen LogP contribution in [0.15, 0.2) is 16.8 Å². The lowest BCUT2D eigenvalue weighted by Crippen LogP contribution is -2.41. The Labute approximate surface area is 111 Å². The smallest absolute Gasteiger partial charge is 0.192 e. The zero-order valence-corrected chi connectivity index (χ0v) is 13.2. The third kappa shape index (κ3) is 4.16. The predicted octanol–water partition coefficient (Wildman–Crippen LogP) is 4.80. The largest absolute Gasteiger partial charge is 0.413 e. The van der Waals surface area contributed by atoms with Gasteiger partial charge in [0.2, 0.25) is 0 Å². The van der Waals surface area contributed by atoms with Crippen molar-refractivity contribution in [1.29, 1.82) is 0 Å². The third-order valence-corrected chi connectivity index (χ3v) is 8.53. The van der Waals surface area contributed by atoms with Crippen LogP contribution in [0.1, 0.15) is 40.0 Å². The zero-order chi connectivity index (χ0) is 13.8. The van der Waals surface area contributed by atoms with E-state index in [0.29, 0.717) is 6.61 Å². The Hall–Kier alpha value is -0.773. The summed E-state index contributed by atoms with van der Waals surface area (Å²) < 4.78 is 6.20. The van der Waals surface area contributed by atoms with E-state index in [1.807, 2.05) is 0 Å². The second kappa shape index (κ2) is 5.91. The van der Waals surface area contributed by atoms with Gasteiger partial charge in [-0.1, -0.05) is 32.0 Å². The van der Waals surface area contributed by atoms with Gasteiger partial charge in [0.15, 0.2) is 8.32 Å². The molecule has 0 fully saturated rings. The molecule has 1 unspecified atom stereocenters. The molecule has 0 spiro atoms. The highest BCUT2D eigenvalue weighted by Crippen LogP contribution is 2.37. The lowest BCUT2D eigenvalue weighted by molar-refractivity contribution is 0.310. The van der Waals surface area contributed by atoms with Crippen molar-refractivity contribution >= 4 is 8.32 Å². The molecule has 0 aromatic heterocycles. The maximum absolute atomic E-state index is 8.48. The van der Waals surface area contributed by atoms with Crippen LogP contribution in [0.2, 0.25) is 18.1 Å². The minimum Gasteiger partial charge on any atom is -0.413 e. The average molecular weight is 267 g/mol. The first-order valence-corrected chi connectivity index (χ1v) is 9.55. The monoisotopic (exact) mass is 267 g/mol. The molecule has 0 N–H and O–H groups in total. The van der Waals surface area contributed by atoms with Crippen molar-refractivity contribution in [2.75, 3.05) is 6.61 Å². The molecule has 0 saturated carbocycles. The van der Waals surface area contributed by atoms with Crippen LogP contribution < -0.4 is 0 Å². The van der Waals surface area contributed by atoms with Gasteiger partial charge < -0.3 is 4.43 Å². The van der Waals surface area contributed by atoms with Crippen LogP contribution in [-0.2, 0) is 4.43 Å². The summed E-state index contributed by atoms with van der Waals surface area (Å²) >= 11 is 0. The lowest BCUT2D eigenvalue weighted by Gasteiger charge is -2.36. The Morgan fingerprint density at radius 1 is 1.50 bits per heavy atom. The number of hydrogen-bond acceptors (Lipinski definition) is 2. The van der Waals surface area contributed by atoms with E-state index in [9.17, 15) is 0 Å². The molecule has 0 aliphatic heterocycles. The first kappa shape index (κ1) is 15.3. The molecule has 5 heteroatoms. The third-order valence-electron chi connectivity index (χ3n) is 4.05. The van der Waals surface area contributed by atoms with E-state index in [1.165, 1.54) is 5.57 Å². The minimum absolute atomic E-state index is 0.0294. The normalized spacial score (nSPS) is 21.2. The van der Waals surface area contributed by atoms with E-state index in [0.717, 1.165) is 19.3 Å². The van der Waals surface area contributed by atoms with E-state index >= 15 is 0 Å². The molecule has 1 atom stereocenters. The molecule has 0 radical (unpaired) electrons. The van der Waals surface area contributed by atoms with E-state index < -0.39 is 8.32 Å². The van der Waals surface area contributed by atoms with Crippen molar-refractivity contribution in [3.63, 3.8) is 0 Å². The second-order valence-corrected chi connectivity index (χ2v) is 11.3. The van der Waals surface area contributed by atoms with Gasteiger partial charge in [-0.15, -0.1) is 0 Å². The second-order valence-electron chi connectivity index (χ2n) is 6.54. The molecular weight excluding hydrogens is 242 g/mol. The predicted molar refractivity (Wildman–Crippen MR) is 78.0 cm³/mol. The van der Waals surface area contributed by atoms with Gasteiger partial charge in [-0.2, -0.15) is 0 Å². The summed E-state index contributed by atoms with van der Waals surface area (Å²) in [5.74, 6) is 0. The van der Waals surface area contributed by atoms with E-state index in [4.69, 9.17) is 9.96 Å². The maximum Gasteiger partial charge on any atom is 0.192 e. The molecular formula is C13H25N3OSi. The molecule has 0 aromatic rings. The van der Waals surface area contributed by atoms with Crippen LogP contribution >= 0.6 is 0 Å². The molecule has 0 amide bonds. The van der Waals surface area contributed by atoms with Crippen molar-refractivity contribution in [3.8, 4) is 0 Å². The van der Waals surface area contributed by atoms with Crippen LogP contribution in [0.4, 0.5) is 0 Å². The van der Waals surface area contributed by atoms with Crippen LogP contribution in [0.25, 0.3) is 10.4 Å². The highest BCUT2D eigenvalue weighted by molar-refractivity contribution is 6.74. The lowest BCUT2D eigenvalue weighted by atomic mass is 9.97. The Balaban J connectivity index is 2.61. The molecule has 1 rings (SSSR count). The Morgan fingerprint density at radius 3 is 2.72 bits per heavy atom. The van der Waals surface area contributed by atoms with Gasteiger partial charge in [-0.05, 0) is 48.5 Å². The molecule has 1 aliphatic carbocycles. The van der Waals surface area contributed by atoms with Crippen LogP contribution in [0.3, 0.4) is 0 Å². The fourth-order valence-electron chi connectivity index (χ4n) is 1.74. The van der Waals surface area contributed by atoms with Crippen LogP contribution in [0.5, 0.6) is 0 Å². The van der Waals surface area contributed by atoms with E-state index in [-0.39, 0.29) is 11.1 Å². The molecule has 0 heterocycles. The summed E-state index contributed by atoms with van der Waals surface area (Å²) in [4.78, 5) is 2.89. The first-order valence-electron chi connectivity index (χ1n) is 6.64. The topological polar surface area (TPSA) is 58.0 Å². The standard InChI is InChI=1S/C13H25N3OSi/c1-13(2,3)18(4,5)17-10-11-7-6-8-12(9-11)15-16-14/h9,12H,6-8,10H2,1-5H3. The van der Waals surface area contributed by atoms with Crippen LogP contribution in [-0.4, -0.2) is 21.0 Å². The van der Waals surface area contributed by atoms with E-state index in [1.54, 1.807) is 0 Å². The molecule has 18 heavy (non-hydrogen) atoms. The van der Waals surface area contributed by atoms with Crippen molar-refractivity contribution in [2.45, 2.75) is 64.2 Å². The van der Waals surface area contributed by atoms with Gasteiger partial charge in [-0.25, -0.2) is 0 Å². The fourth-order valence-corrected chi connectivity index (χ4v) is 2.72. The zero-order valence-electron chi connectivity index (χ0n) is 12.2. The van der Waals surface area contributed by atoms with Gasteiger partial charge in [0.1, 0.15) is 0 Å². The summed E-state index contributed by atoms with van der Waals surface area (Å²) in [6.45, 7) is 12.0. The number of nitrogens with zero attached hydrogens (tertiary/aromatic N) is 3. The summed E-state index contributed by atoms with van der Waals surface area (Å²) in [6.07, 6.45) is 5.23. The Kier molecular flexibility index (Phi) is 5.02. The van der Waals surface area contributed by atoms with Gasteiger partial charge in [-0.3, -0.25) is 0 Å². The molecule has 102 valence electrons. The van der Waals surface area contributed by atoms with Gasteiger partial charge in [0, 0.05) is 4.91 Å². The Morgan fingerprint density at radius 2 is 2.17 bits per heavy atom. The van der Waals surface area contributed by atoms with Gasteiger partial charge in [0.05, 0.1) is 12.6 Å². The van der Waals surface area contributed by atoms with Crippen molar-refractivity contribution in [2.24, 2.45) is 5.11 Å². The van der Waals surface area contributed by atoms with Gasteiger partial charge in [0.25, 0.3) is 0 Å². The van der Waals surface area contributed by atoms with Crippen molar-refractivity contribution in [1.82, 2.24) is 0 Å². The molecule has 1 aliphatic rings. The maximum atomic E-state index is 8.48. The van der Waals surface area contributed by atoms with Crippen molar-refractivity contribution in [3.05, 3.63) is 22.1 Å². The summed E-state index contributed by atoms with van der Waals surface area (Å²) in [7, 11) is -1.67. The summed E-state index contributed by atoms with van der Waals surface area (Å²) in [6, 6.07) is 0.0294. The minimum atomic E-state index is -1.67. The summed E-state index contributed by atoms with van der Waals surface area (Å²) in [5, 5.41) is 4.03. The van der Waals surface area contributed by atoms with Crippen molar-refractivity contribution < 1.29 is 4.43 Å². The van der Waals surface area contributed by atoms with Gasteiger partial charge >= 0.3 is 0 Å². The number of azide groups is 1. The molecule has 4 nitrogen and oxygen atoms in total. The average Bonchev–Trinajstić information content (AvgIpc) is 2.26. The fraction of sp³-hybridized carbons (Fsp3) is 0.846. The number of rotatable bonds is 4. The molecule has 0 bridgehead atoms.